The highest BCUT2D eigenvalue weighted by molar-refractivity contribution is 9.10. The van der Waals surface area contributed by atoms with Gasteiger partial charge in [-0.05, 0) is 49.4 Å². The Morgan fingerprint density at radius 1 is 1.30 bits per heavy atom. The van der Waals surface area contributed by atoms with Crippen LogP contribution in [-0.4, -0.2) is 27.8 Å². The molecule has 1 aromatic heterocycles. The van der Waals surface area contributed by atoms with E-state index in [9.17, 15) is 14.0 Å². The van der Waals surface area contributed by atoms with Crippen LogP contribution in [0.1, 0.15) is 13.3 Å². The molecule has 0 saturated heterocycles. The molecule has 0 fully saturated rings. The fourth-order valence-corrected chi connectivity index (χ4v) is 4.25. The van der Waals surface area contributed by atoms with Crippen molar-refractivity contribution in [3.8, 4) is 6.07 Å². The average molecular weight is 489 g/mol. The summed E-state index contributed by atoms with van der Waals surface area (Å²) in [5.74, 6) is -0.633. The van der Waals surface area contributed by atoms with Gasteiger partial charge in [-0.25, -0.2) is 9.37 Å². The summed E-state index contributed by atoms with van der Waals surface area (Å²) < 4.78 is 15.6. The maximum absolute atomic E-state index is 13.2. The van der Waals surface area contributed by atoms with Crippen LogP contribution in [0.25, 0.3) is 10.9 Å². The molecular weight excluding hydrogens is 471 g/mol. The van der Waals surface area contributed by atoms with E-state index in [1.54, 1.807) is 12.1 Å². The number of hydrogen-bond acceptors (Lipinski definition) is 5. The van der Waals surface area contributed by atoms with E-state index in [4.69, 9.17) is 5.26 Å². The number of carbonyl (C=O) groups excluding carboxylic acids is 1. The van der Waals surface area contributed by atoms with Crippen molar-refractivity contribution in [2.45, 2.75) is 25.0 Å². The molecule has 0 bridgehead atoms. The highest BCUT2D eigenvalue weighted by Gasteiger charge is 2.18. The number of benzene rings is 2. The molecule has 2 aromatic carbocycles. The van der Waals surface area contributed by atoms with E-state index >= 15 is 0 Å². The minimum absolute atomic E-state index is 0.0251. The zero-order chi connectivity index (χ0) is 21.7. The Kier molecular flexibility index (Phi) is 7.24. The monoisotopic (exact) mass is 488 g/mol. The molecule has 3 rings (SSSR count). The standard InChI is InChI=1S/C21H18BrFN4O2S/c1-2-26-20(29)17-12-14(22)4-9-18(17)25-21(26)30-13-19(28)27(11-3-10-24)16-7-5-15(23)6-8-16/h4-9,12H,2-3,11,13H2,1H3. The second-order valence-electron chi connectivity index (χ2n) is 6.32. The molecule has 0 spiro atoms. The fourth-order valence-electron chi connectivity index (χ4n) is 2.95. The van der Waals surface area contributed by atoms with E-state index in [1.165, 1.54) is 33.7 Å². The van der Waals surface area contributed by atoms with E-state index in [2.05, 4.69) is 20.9 Å². The number of amides is 1. The molecule has 0 aliphatic carbocycles. The molecular formula is C21H18BrFN4O2S. The summed E-state index contributed by atoms with van der Waals surface area (Å²) in [4.78, 5) is 31.7. The van der Waals surface area contributed by atoms with Gasteiger partial charge >= 0.3 is 0 Å². The first-order valence-electron chi connectivity index (χ1n) is 9.20. The number of anilines is 1. The highest BCUT2D eigenvalue weighted by atomic mass is 79.9. The van der Waals surface area contributed by atoms with E-state index in [0.717, 1.165) is 16.2 Å². The van der Waals surface area contributed by atoms with Gasteiger partial charge in [-0.2, -0.15) is 5.26 Å². The lowest BCUT2D eigenvalue weighted by atomic mass is 10.2. The summed E-state index contributed by atoms with van der Waals surface area (Å²) in [7, 11) is 0. The number of aromatic nitrogens is 2. The Morgan fingerprint density at radius 2 is 2.03 bits per heavy atom. The number of thioether (sulfide) groups is 1. The molecule has 0 unspecified atom stereocenters. The summed E-state index contributed by atoms with van der Waals surface area (Å²) in [6.45, 7) is 2.46. The Morgan fingerprint density at radius 3 is 2.70 bits per heavy atom. The summed E-state index contributed by atoms with van der Waals surface area (Å²) in [5.41, 5.74) is 0.905. The van der Waals surface area contributed by atoms with Gasteiger partial charge in [0.05, 0.1) is 29.1 Å². The molecule has 3 aromatic rings. The van der Waals surface area contributed by atoms with E-state index < -0.39 is 5.82 Å². The third-order valence-corrected chi connectivity index (χ3v) is 5.86. The predicted octanol–water partition coefficient (Wildman–Crippen LogP) is 4.36. The molecule has 0 aliphatic heterocycles. The maximum atomic E-state index is 13.2. The smallest absolute Gasteiger partial charge is 0.262 e. The van der Waals surface area contributed by atoms with Gasteiger partial charge in [0, 0.05) is 23.2 Å². The topological polar surface area (TPSA) is 79.0 Å². The third-order valence-electron chi connectivity index (χ3n) is 4.41. The molecule has 0 atom stereocenters. The second-order valence-corrected chi connectivity index (χ2v) is 8.18. The van der Waals surface area contributed by atoms with Gasteiger partial charge in [-0.1, -0.05) is 27.7 Å². The van der Waals surface area contributed by atoms with Crippen LogP contribution in [0.3, 0.4) is 0 Å². The first-order valence-corrected chi connectivity index (χ1v) is 11.0. The van der Waals surface area contributed by atoms with Gasteiger partial charge in [-0.15, -0.1) is 0 Å². The number of rotatable bonds is 7. The van der Waals surface area contributed by atoms with Crippen molar-refractivity contribution in [2.75, 3.05) is 17.2 Å². The lowest BCUT2D eigenvalue weighted by Crippen LogP contribution is -2.33. The van der Waals surface area contributed by atoms with Crippen LogP contribution >= 0.6 is 27.7 Å². The van der Waals surface area contributed by atoms with Crippen LogP contribution in [0.15, 0.2) is 56.9 Å². The molecule has 1 heterocycles. The Balaban J connectivity index is 1.87. The molecule has 0 N–H and O–H groups in total. The van der Waals surface area contributed by atoms with Gasteiger partial charge in [0.2, 0.25) is 5.91 Å². The van der Waals surface area contributed by atoms with Crippen LogP contribution in [0.4, 0.5) is 10.1 Å². The largest absolute Gasteiger partial charge is 0.311 e. The van der Waals surface area contributed by atoms with Gasteiger partial charge in [0.25, 0.3) is 5.56 Å². The van der Waals surface area contributed by atoms with E-state index in [-0.39, 0.29) is 30.2 Å². The van der Waals surface area contributed by atoms with Crippen molar-refractivity contribution in [1.82, 2.24) is 9.55 Å². The zero-order valence-electron chi connectivity index (χ0n) is 16.1. The Hall–Kier alpha value is -2.70. The van der Waals surface area contributed by atoms with Crippen molar-refractivity contribution in [3.05, 3.63) is 63.1 Å². The number of halogens is 2. The predicted molar refractivity (Wildman–Crippen MR) is 119 cm³/mol. The molecule has 0 saturated carbocycles. The molecule has 1 amide bonds. The maximum Gasteiger partial charge on any atom is 0.262 e. The highest BCUT2D eigenvalue weighted by Crippen LogP contribution is 2.22. The molecule has 6 nitrogen and oxygen atoms in total. The lowest BCUT2D eigenvalue weighted by molar-refractivity contribution is -0.116. The zero-order valence-corrected chi connectivity index (χ0v) is 18.5. The van der Waals surface area contributed by atoms with Crippen molar-refractivity contribution in [2.24, 2.45) is 0 Å². The van der Waals surface area contributed by atoms with Crippen LogP contribution in [-0.2, 0) is 11.3 Å². The molecule has 30 heavy (non-hydrogen) atoms. The summed E-state index contributed by atoms with van der Waals surface area (Å²) in [5, 5.41) is 9.86. The first kappa shape index (κ1) is 22.0. The minimum Gasteiger partial charge on any atom is -0.311 e. The van der Waals surface area contributed by atoms with Crippen molar-refractivity contribution >= 4 is 50.2 Å². The van der Waals surface area contributed by atoms with Gasteiger partial charge < -0.3 is 4.90 Å². The fraction of sp³-hybridized carbons (Fsp3) is 0.238. The molecule has 0 aliphatic rings. The normalized spacial score (nSPS) is 10.7. The van der Waals surface area contributed by atoms with Crippen LogP contribution < -0.4 is 10.5 Å². The second kappa shape index (κ2) is 9.87. The van der Waals surface area contributed by atoms with Gasteiger partial charge in [-0.3, -0.25) is 14.2 Å². The van der Waals surface area contributed by atoms with Crippen molar-refractivity contribution in [1.29, 1.82) is 5.26 Å². The van der Waals surface area contributed by atoms with Crippen LogP contribution in [0.5, 0.6) is 0 Å². The minimum atomic E-state index is -0.403. The van der Waals surface area contributed by atoms with Crippen LogP contribution in [0.2, 0.25) is 0 Å². The Labute approximate surface area is 185 Å². The Bertz CT molecular complexity index is 1170. The summed E-state index contributed by atoms with van der Waals surface area (Å²) in [6.07, 6.45) is 0.149. The quantitative estimate of drug-likeness (QED) is 0.364. The van der Waals surface area contributed by atoms with Gasteiger partial charge in [0.15, 0.2) is 5.16 Å². The first-order chi connectivity index (χ1) is 14.4. The number of fused-ring (bicyclic) bond motifs is 1. The SMILES string of the molecule is CCn1c(SCC(=O)N(CCC#N)c2ccc(F)cc2)nc2ccc(Br)cc2c1=O. The van der Waals surface area contributed by atoms with Crippen molar-refractivity contribution in [3.63, 3.8) is 0 Å². The van der Waals surface area contributed by atoms with Crippen molar-refractivity contribution < 1.29 is 9.18 Å². The molecule has 0 radical (unpaired) electrons. The number of hydrogen-bond donors (Lipinski definition) is 0. The third kappa shape index (κ3) is 4.89. The van der Waals surface area contributed by atoms with Crippen LogP contribution in [0, 0.1) is 17.1 Å². The summed E-state index contributed by atoms with van der Waals surface area (Å²) >= 11 is 4.53. The average Bonchev–Trinajstić information content (AvgIpc) is 2.74. The lowest BCUT2D eigenvalue weighted by Gasteiger charge is -2.22. The number of nitriles is 1. The number of nitrogens with zero attached hydrogens (tertiary/aromatic N) is 4. The summed E-state index contributed by atoms with van der Waals surface area (Å²) in [6, 6.07) is 12.9. The van der Waals surface area contributed by atoms with E-state index in [1.807, 2.05) is 19.1 Å². The molecule has 154 valence electrons. The van der Waals surface area contributed by atoms with E-state index in [0.29, 0.717) is 28.3 Å². The van der Waals surface area contributed by atoms with Gasteiger partial charge in [0.1, 0.15) is 5.82 Å². The molecule has 9 heteroatoms. The number of carbonyl (C=O) groups is 1.